The van der Waals surface area contributed by atoms with Crippen molar-refractivity contribution in [2.45, 2.75) is 6.92 Å². The van der Waals surface area contributed by atoms with Gasteiger partial charge in [-0.05, 0) is 37.3 Å². The van der Waals surface area contributed by atoms with Gasteiger partial charge in [0.1, 0.15) is 0 Å². The van der Waals surface area contributed by atoms with Crippen molar-refractivity contribution in [1.82, 2.24) is 10.2 Å². The quantitative estimate of drug-likeness (QED) is 0.916. The number of carbonyl (C=O) groups excluding carboxylic acids is 1. The minimum Gasteiger partial charge on any atom is -0.477 e. The summed E-state index contributed by atoms with van der Waals surface area (Å²) in [6, 6.07) is 11.7. The highest BCUT2D eigenvalue weighted by atomic mass is 16.5. The van der Waals surface area contributed by atoms with Gasteiger partial charge in [0.2, 0.25) is 5.88 Å². The van der Waals surface area contributed by atoms with Crippen LogP contribution >= 0.6 is 0 Å². The van der Waals surface area contributed by atoms with E-state index in [2.05, 4.69) is 15.5 Å². The van der Waals surface area contributed by atoms with Crippen molar-refractivity contribution in [1.29, 1.82) is 5.26 Å². The summed E-state index contributed by atoms with van der Waals surface area (Å²) in [5, 5.41) is 18.9. The van der Waals surface area contributed by atoms with Crippen LogP contribution in [-0.4, -0.2) is 22.7 Å². The maximum atomic E-state index is 11.9. The van der Waals surface area contributed by atoms with Crippen LogP contribution in [0.4, 0.5) is 5.69 Å². The van der Waals surface area contributed by atoms with Crippen molar-refractivity contribution in [3.8, 4) is 11.9 Å². The zero-order valence-corrected chi connectivity index (χ0v) is 10.8. The number of anilines is 1. The molecule has 6 nitrogen and oxygen atoms in total. The van der Waals surface area contributed by atoms with Gasteiger partial charge in [-0.1, -0.05) is 0 Å². The standard InChI is InChI=1S/C14H12N4O2/c1-2-20-13-8-7-12(17-18-13)14(19)16-11-5-3-10(9-15)4-6-11/h3-8H,2H2,1H3,(H,16,19). The monoisotopic (exact) mass is 268 g/mol. The summed E-state index contributed by atoms with van der Waals surface area (Å²) in [5.74, 6) is 0.00711. The van der Waals surface area contributed by atoms with E-state index in [1.54, 1.807) is 30.3 Å². The highest BCUT2D eigenvalue weighted by Crippen LogP contribution is 2.11. The molecule has 6 heteroatoms. The molecule has 100 valence electrons. The largest absolute Gasteiger partial charge is 0.477 e. The number of ether oxygens (including phenoxy) is 1. The number of amides is 1. The number of carbonyl (C=O) groups is 1. The summed E-state index contributed by atoms with van der Waals surface area (Å²) in [4.78, 5) is 11.9. The van der Waals surface area contributed by atoms with Gasteiger partial charge in [0.25, 0.3) is 5.91 Å². The number of hydrogen-bond donors (Lipinski definition) is 1. The lowest BCUT2D eigenvalue weighted by Crippen LogP contribution is -2.14. The summed E-state index contributed by atoms with van der Waals surface area (Å²) in [6.07, 6.45) is 0. The lowest BCUT2D eigenvalue weighted by Gasteiger charge is -2.05. The van der Waals surface area contributed by atoms with Gasteiger partial charge in [-0.2, -0.15) is 5.26 Å². The number of rotatable bonds is 4. The van der Waals surface area contributed by atoms with Crippen LogP contribution in [0.5, 0.6) is 5.88 Å². The average Bonchev–Trinajstić information content (AvgIpc) is 2.49. The summed E-state index contributed by atoms with van der Waals surface area (Å²) in [5.41, 5.74) is 1.31. The first kappa shape index (κ1) is 13.5. The Kier molecular flexibility index (Phi) is 4.24. The fraction of sp³-hybridized carbons (Fsp3) is 0.143. The van der Waals surface area contributed by atoms with E-state index < -0.39 is 0 Å². The Bertz CT molecular complexity index is 630. The maximum absolute atomic E-state index is 11.9. The second-order valence-electron chi connectivity index (χ2n) is 3.83. The van der Waals surface area contributed by atoms with Gasteiger partial charge in [-0.3, -0.25) is 4.79 Å². The molecule has 0 aliphatic carbocycles. The van der Waals surface area contributed by atoms with Crippen LogP contribution < -0.4 is 10.1 Å². The molecule has 0 fully saturated rings. The average molecular weight is 268 g/mol. The van der Waals surface area contributed by atoms with Crippen molar-refractivity contribution in [2.24, 2.45) is 0 Å². The number of nitrogens with zero attached hydrogens (tertiary/aromatic N) is 3. The van der Waals surface area contributed by atoms with Gasteiger partial charge in [0.05, 0.1) is 18.2 Å². The first-order valence-electron chi connectivity index (χ1n) is 6.01. The normalized spacial score (nSPS) is 9.60. The minimum absolute atomic E-state index is 0.192. The van der Waals surface area contributed by atoms with Gasteiger partial charge in [0.15, 0.2) is 5.69 Å². The number of benzene rings is 1. The molecule has 0 saturated heterocycles. The lowest BCUT2D eigenvalue weighted by atomic mass is 10.2. The molecule has 0 saturated carbocycles. The van der Waals surface area contributed by atoms with Crippen molar-refractivity contribution in [3.63, 3.8) is 0 Å². The third kappa shape index (κ3) is 3.29. The molecule has 0 aliphatic heterocycles. The molecule has 0 bridgehead atoms. The third-order valence-corrected chi connectivity index (χ3v) is 2.44. The smallest absolute Gasteiger partial charge is 0.276 e. The van der Waals surface area contributed by atoms with Gasteiger partial charge >= 0.3 is 0 Å². The Morgan fingerprint density at radius 1 is 1.25 bits per heavy atom. The predicted molar refractivity (Wildman–Crippen MR) is 72.3 cm³/mol. The molecule has 1 aromatic carbocycles. The van der Waals surface area contributed by atoms with Crippen LogP contribution in [0.2, 0.25) is 0 Å². The second-order valence-corrected chi connectivity index (χ2v) is 3.83. The molecule has 2 aromatic rings. The van der Waals surface area contributed by atoms with Gasteiger partial charge in [0, 0.05) is 11.8 Å². The summed E-state index contributed by atoms with van der Waals surface area (Å²) in [6.45, 7) is 2.33. The van der Waals surface area contributed by atoms with E-state index in [9.17, 15) is 4.79 Å². The molecule has 1 amide bonds. The molecule has 1 N–H and O–H groups in total. The van der Waals surface area contributed by atoms with Gasteiger partial charge in [-0.25, -0.2) is 0 Å². The first-order valence-corrected chi connectivity index (χ1v) is 6.01. The van der Waals surface area contributed by atoms with Crippen molar-refractivity contribution < 1.29 is 9.53 Å². The molecular weight excluding hydrogens is 256 g/mol. The van der Waals surface area contributed by atoms with Crippen LogP contribution in [-0.2, 0) is 0 Å². The van der Waals surface area contributed by atoms with Crippen LogP contribution in [0.25, 0.3) is 0 Å². The Morgan fingerprint density at radius 3 is 2.55 bits per heavy atom. The Hall–Kier alpha value is -2.94. The lowest BCUT2D eigenvalue weighted by molar-refractivity contribution is 0.102. The first-order chi connectivity index (χ1) is 9.72. The van der Waals surface area contributed by atoms with Crippen LogP contribution in [0.15, 0.2) is 36.4 Å². The molecule has 0 unspecified atom stereocenters. The Morgan fingerprint density at radius 2 is 2.00 bits per heavy atom. The Labute approximate surface area is 116 Å². The molecule has 0 atom stereocenters. The van der Waals surface area contributed by atoms with E-state index in [0.717, 1.165) is 0 Å². The third-order valence-electron chi connectivity index (χ3n) is 2.44. The number of nitriles is 1. The van der Waals surface area contributed by atoms with Crippen molar-refractivity contribution >= 4 is 11.6 Å². The van der Waals surface area contributed by atoms with E-state index in [0.29, 0.717) is 23.7 Å². The number of nitrogens with one attached hydrogen (secondary N) is 1. The van der Waals surface area contributed by atoms with Crippen LogP contribution in [0.3, 0.4) is 0 Å². The summed E-state index contributed by atoms with van der Waals surface area (Å²) >= 11 is 0. The molecule has 1 heterocycles. The van der Waals surface area contributed by atoms with E-state index >= 15 is 0 Å². The molecule has 1 aromatic heterocycles. The summed E-state index contributed by atoms with van der Waals surface area (Å²) in [7, 11) is 0. The van der Waals surface area contributed by atoms with E-state index in [1.807, 2.05) is 13.0 Å². The SMILES string of the molecule is CCOc1ccc(C(=O)Nc2ccc(C#N)cc2)nn1. The summed E-state index contributed by atoms with van der Waals surface area (Å²) < 4.78 is 5.15. The molecule has 0 spiro atoms. The molecule has 2 rings (SSSR count). The number of hydrogen-bond acceptors (Lipinski definition) is 5. The zero-order chi connectivity index (χ0) is 14.4. The molecular formula is C14H12N4O2. The van der Waals surface area contributed by atoms with Crippen molar-refractivity contribution in [2.75, 3.05) is 11.9 Å². The van der Waals surface area contributed by atoms with E-state index in [1.165, 1.54) is 6.07 Å². The fourth-order valence-electron chi connectivity index (χ4n) is 1.49. The van der Waals surface area contributed by atoms with Gasteiger partial charge < -0.3 is 10.1 Å². The van der Waals surface area contributed by atoms with Crippen molar-refractivity contribution in [3.05, 3.63) is 47.7 Å². The molecule has 0 aliphatic rings. The van der Waals surface area contributed by atoms with Crippen LogP contribution in [0, 0.1) is 11.3 Å². The second kappa shape index (κ2) is 6.29. The fourth-order valence-corrected chi connectivity index (χ4v) is 1.49. The van der Waals surface area contributed by atoms with Gasteiger partial charge in [-0.15, -0.1) is 10.2 Å². The van der Waals surface area contributed by atoms with E-state index in [-0.39, 0.29) is 11.6 Å². The predicted octanol–water partition coefficient (Wildman–Crippen LogP) is 2.00. The Balaban J connectivity index is 2.05. The topological polar surface area (TPSA) is 87.9 Å². The van der Waals surface area contributed by atoms with E-state index in [4.69, 9.17) is 10.00 Å². The highest BCUT2D eigenvalue weighted by Gasteiger charge is 2.08. The number of aromatic nitrogens is 2. The molecule has 0 radical (unpaired) electrons. The van der Waals surface area contributed by atoms with Crippen LogP contribution in [0.1, 0.15) is 23.0 Å². The highest BCUT2D eigenvalue weighted by molar-refractivity contribution is 6.02. The maximum Gasteiger partial charge on any atom is 0.276 e. The minimum atomic E-state index is -0.370. The molecule has 20 heavy (non-hydrogen) atoms. The zero-order valence-electron chi connectivity index (χ0n) is 10.8.